The minimum Gasteiger partial charge on any atom is -0.398 e. The number of hydrogen-bond acceptors (Lipinski definition) is 2. The minimum absolute atomic E-state index is 0.593. The molecule has 0 unspecified atom stereocenters. The Labute approximate surface area is 121 Å². The van der Waals surface area contributed by atoms with Crippen molar-refractivity contribution in [3.05, 3.63) is 28.8 Å². The lowest BCUT2D eigenvalue weighted by Crippen LogP contribution is -2.39. The lowest BCUT2D eigenvalue weighted by Gasteiger charge is -2.41. The summed E-state index contributed by atoms with van der Waals surface area (Å²) < 4.78 is 0. The third-order valence-corrected chi connectivity index (χ3v) is 5.23. The van der Waals surface area contributed by atoms with Gasteiger partial charge in [-0.1, -0.05) is 44.4 Å². The molecule has 2 nitrogen and oxygen atoms in total. The zero-order valence-corrected chi connectivity index (χ0v) is 12.8. The van der Waals surface area contributed by atoms with Gasteiger partial charge in [0.25, 0.3) is 0 Å². The molecule has 1 aromatic rings. The Morgan fingerprint density at radius 3 is 2.37 bits per heavy atom. The summed E-state index contributed by atoms with van der Waals surface area (Å²) in [6, 6.07) is 5.99. The molecule has 1 aliphatic heterocycles. The Morgan fingerprint density at radius 2 is 1.84 bits per heavy atom. The van der Waals surface area contributed by atoms with Gasteiger partial charge < -0.3 is 5.73 Å². The van der Waals surface area contributed by atoms with E-state index in [1.807, 2.05) is 12.1 Å². The maximum atomic E-state index is 5.96. The van der Waals surface area contributed by atoms with Gasteiger partial charge >= 0.3 is 0 Å². The Balaban J connectivity index is 1.93. The summed E-state index contributed by atoms with van der Waals surface area (Å²) in [5, 5.41) is 0.651. The van der Waals surface area contributed by atoms with E-state index >= 15 is 0 Å². The second-order valence-corrected chi connectivity index (χ2v) is 6.25. The SMILES string of the molecule is CCC1(CC)CCN(Cc2ccc(Cl)c(N)c2)CC1. The number of halogens is 1. The molecule has 2 rings (SSSR count). The van der Waals surface area contributed by atoms with Gasteiger partial charge in [-0.15, -0.1) is 0 Å². The molecular weight excluding hydrogens is 256 g/mol. The van der Waals surface area contributed by atoms with Crippen molar-refractivity contribution in [1.82, 2.24) is 4.90 Å². The lowest BCUT2D eigenvalue weighted by molar-refractivity contribution is 0.0909. The summed E-state index contributed by atoms with van der Waals surface area (Å²) in [5.41, 5.74) is 8.41. The molecule has 1 saturated heterocycles. The number of piperidine rings is 1. The molecule has 3 heteroatoms. The van der Waals surface area contributed by atoms with Crippen LogP contribution in [0.1, 0.15) is 45.1 Å². The summed E-state index contributed by atoms with van der Waals surface area (Å²) in [5.74, 6) is 0. The molecule has 0 amide bonds. The van der Waals surface area contributed by atoms with Gasteiger partial charge in [0.15, 0.2) is 0 Å². The summed E-state index contributed by atoms with van der Waals surface area (Å²) in [4.78, 5) is 2.53. The highest BCUT2D eigenvalue weighted by molar-refractivity contribution is 6.33. The van der Waals surface area contributed by atoms with Gasteiger partial charge in [-0.2, -0.15) is 0 Å². The molecule has 0 aliphatic carbocycles. The van der Waals surface area contributed by atoms with Crippen molar-refractivity contribution in [2.75, 3.05) is 18.8 Å². The number of anilines is 1. The third-order valence-electron chi connectivity index (χ3n) is 4.88. The maximum Gasteiger partial charge on any atom is 0.0635 e. The summed E-state index contributed by atoms with van der Waals surface area (Å²) in [6.45, 7) is 8.05. The molecule has 0 bridgehead atoms. The van der Waals surface area contributed by atoms with E-state index in [-0.39, 0.29) is 0 Å². The summed E-state index contributed by atoms with van der Waals surface area (Å²) >= 11 is 5.96. The highest BCUT2D eigenvalue weighted by Crippen LogP contribution is 2.38. The monoisotopic (exact) mass is 280 g/mol. The van der Waals surface area contributed by atoms with Crippen LogP contribution in [0.2, 0.25) is 5.02 Å². The quantitative estimate of drug-likeness (QED) is 0.832. The van der Waals surface area contributed by atoms with E-state index < -0.39 is 0 Å². The van der Waals surface area contributed by atoms with Crippen molar-refractivity contribution < 1.29 is 0 Å². The third kappa shape index (κ3) is 3.43. The molecule has 1 heterocycles. The zero-order valence-electron chi connectivity index (χ0n) is 12.1. The first kappa shape index (κ1) is 14.7. The zero-order chi connectivity index (χ0) is 13.9. The highest BCUT2D eigenvalue weighted by Gasteiger charge is 2.30. The highest BCUT2D eigenvalue weighted by atomic mass is 35.5. The van der Waals surface area contributed by atoms with Crippen LogP contribution in [0.3, 0.4) is 0 Å². The normalized spacial score (nSPS) is 19.5. The van der Waals surface area contributed by atoms with E-state index in [1.54, 1.807) is 0 Å². The molecule has 106 valence electrons. The van der Waals surface area contributed by atoms with E-state index in [1.165, 1.54) is 44.3 Å². The first-order valence-corrected chi connectivity index (χ1v) is 7.72. The fourth-order valence-corrected chi connectivity index (χ4v) is 3.21. The Bertz CT molecular complexity index is 417. The Hall–Kier alpha value is -0.730. The molecule has 1 fully saturated rings. The number of hydrogen-bond donors (Lipinski definition) is 1. The van der Waals surface area contributed by atoms with Crippen LogP contribution >= 0.6 is 11.6 Å². The number of likely N-dealkylation sites (tertiary alicyclic amines) is 1. The smallest absolute Gasteiger partial charge is 0.0635 e. The van der Waals surface area contributed by atoms with Crippen molar-refractivity contribution in [1.29, 1.82) is 0 Å². The molecule has 0 spiro atoms. The minimum atomic E-state index is 0.593. The molecule has 0 atom stereocenters. The predicted octanol–water partition coefficient (Wildman–Crippen LogP) is 4.32. The van der Waals surface area contributed by atoms with Gasteiger partial charge in [0.1, 0.15) is 0 Å². The Kier molecular flexibility index (Phi) is 4.75. The van der Waals surface area contributed by atoms with Gasteiger partial charge in [0, 0.05) is 6.54 Å². The molecule has 0 aromatic heterocycles. The van der Waals surface area contributed by atoms with Gasteiger partial charge in [0.2, 0.25) is 0 Å². The van der Waals surface area contributed by atoms with E-state index in [0.717, 1.165) is 6.54 Å². The second-order valence-electron chi connectivity index (χ2n) is 5.84. The number of benzene rings is 1. The number of nitrogen functional groups attached to an aromatic ring is 1. The standard InChI is InChI=1S/C16H25ClN2/c1-3-16(4-2)7-9-19(10-8-16)12-13-5-6-14(17)15(18)11-13/h5-6,11H,3-4,7-10,12,18H2,1-2H3. The van der Waals surface area contributed by atoms with Gasteiger partial charge in [0.05, 0.1) is 10.7 Å². The molecule has 0 saturated carbocycles. The van der Waals surface area contributed by atoms with Crippen LogP contribution in [0.15, 0.2) is 18.2 Å². The fraction of sp³-hybridized carbons (Fsp3) is 0.625. The Morgan fingerprint density at radius 1 is 1.21 bits per heavy atom. The van der Waals surface area contributed by atoms with Crippen LogP contribution < -0.4 is 5.73 Å². The fourth-order valence-electron chi connectivity index (χ4n) is 3.09. The van der Waals surface area contributed by atoms with Gasteiger partial charge in [-0.3, -0.25) is 4.90 Å². The average Bonchev–Trinajstić information content (AvgIpc) is 2.44. The van der Waals surface area contributed by atoms with Crippen molar-refractivity contribution in [3.8, 4) is 0 Å². The van der Waals surface area contributed by atoms with E-state index in [4.69, 9.17) is 17.3 Å². The molecule has 1 aliphatic rings. The lowest BCUT2D eigenvalue weighted by atomic mass is 9.74. The van der Waals surface area contributed by atoms with Crippen molar-refractivity contribution in [2.24, 2.45) is 5.41 Å². The second kappa shape index (κ2) is 6.15. The molecule has 0 radical (unpaired) electrons. The van der Waals surface area contributed by atoms with Gasteiger partial charge in [-0.25, -0.2) is 0 Å². The summed E-state index contributed by atoms with van der Waals surface area (Å²) in [7, 11) is 0. The number of nitrogens with two attached hydrogens (primary N) is 1. The topological polar surface area (TPSA) is 29.3 Å². The molecule has 19 heavy (non-hydrogen) atoms. The van der Waals surface area contributed by atoms with Crippen LogP contribution in [-0.2, 0) is 6.54 Å². The summed E-state index contributed by atoms with van der Waals surface area (Å²) in [6.07, 6.45) is 5.27. The predicted molar refractivity (Wildman–Crippen MR) is 83.4 cm³/mol. The number of nitrogens with zero attached hydrogens (tertiary/aromatic N) is 1. The van der Waals surface area contributed by atoms with E-state index in [2.05, 4.69) is 24.8 Å². The first-order valence-electron chi connectivity index (χ1n) is 7.35. The maximum absolute atomic E-state index is 5.96. The van der Waals surface area contributed by atoms with Crippen LogP contribution in [0.25, 0.3) is 0 Å². The van der Waals surface area contributed by atoms with Crippen LogP contribution in [0.5, 0.6) is 0 Å². The van der Waals surface area contributed by atoms with E-state index in [9.17, 15) is 0 Å². The van der Waals surface area contributed by atoms with Crippen LogP contribution in [-0.4, -0.2) is 18.0 Å². The molecule has 2 N–H and O–H groups in total. The largest absolute Gasteiger partial charge is 0.398 e. The van der Waals surface area contributed by atoms with Crippen LogP contribution in [0.4, 0.5) is 5.69 Å². The van der Waals surface area contributed by atoms with Crippen molar-refractivity contribution >= 4 is 17.3 Å². The first-order chi connectivity index (χ1) is 9.08. The van der Waals surface area contributed by atoms with Crippen molar-refractivity contribution in [2.45, 2.75) is 46.1 Å². The van der Waals surface area contributed by atoms with Crippen LogP contribution in [0, 0.1) is 5.41 Å². The molecular formula is C16H25ClN2. The number of rotatable bonds is 4. The van der Waals surface area contributed by atoms with Gasteiger partial charge in [-0.05, 0) is 49.0 Å². The molecule has 1 aromatic carbocycles. The average molecular weight is 281 g/mol. The van der Waals surface area contributed by atoms with Crippen molar-refractivity contribution in [3.63, 3.8) is 0 Å². The van der Waals surface area contributed by atoms with E-state index in [0.29, 0.717) is 16.1 Å².